The second-order valence-electron chi connectivity index (χ2n) is 7.52. The Kier molecular flexibility index (Phi) is 6.12. The van der Waals surface area contributed by atoms with Crippen LogP contribution in [0.3, 0.4) is 0 Å². The van der Waals surface area contributed by atoms with Crippen LogP contribution in [0.1, 0.15) is 39.4 Å². The lowest BCUT2D eigenvalue weighted by molar-refractivity contribution is 0.0736. The highest BCUT2D eigenvalue weighted by molar-refractivity contribution is 6.04. The van der Waals surface area contributed by atoms with Crippen LogP contribution in [0.25, 0.3) is 5.69 Å². The number of aromatic nitrogens is 2. The van der Waals surface area contributed by atoms with E-state index in [2.05, 4.69) is 10.4 Å². The minimum absolute atomic E-state index is 0.175. The number of rotatable bonds is 6. The summed E-state index contributed by atoms with van der Waals surface area (Å²) >= 11 is 0. The fraction of sp³-hybridized carbons (Fsp3) is 0.115. The smallest absolute Gasteiger partial charge is 0.274 e. The third kappa shape index (κ3) is 4.59. The summed E-state index contributed by atoms with van der Waals surface area (Å²) in [7, 11) is 1.75. The van der Waals surface area contributed by atoms with Gasteiger partial charge >= 0.3 is 0 Å². The largest absolute Gasteiger partial charge is 0.334 e. The zero-order chi connectivity index (χ0) is 22.5. The number of carbonyl (C=O) groups excluding carboxylic acids is 2. The van der Waals surface area contributed by atoms with Crippen LogP contribution < -0.4 is 5.32 Å². The Balaban J connectivity index is 1.47. The number of amides is 2. The van der Waals surface area contributed by atoms with E-state index in [1.807, 2.05) is 79.7 Å². The Bertz CT molecular complexity index is 1220. The first-order chi connectivity index (χ1) is 15.5. The second kappa shape index (κ2) is 9.31. The topological polar surface area (TPSA) is 67.2 Å². The van der Waals surface area contributed by atoms with Crippen molar-refractivity contribution in [2.75, 3.05) is 12.4 Å². The maximum atomic E-state index is 13.0. The van der Waals surface area contributed by atoms with E-state index in [0.717, 1.165) is 11.3 Å². The highest BCUT2D eigenvalue weighted by Crippen LogP contribution is 2.24. The highest BCUT2D eigenvalue weighted by Gasteiger charge is 2.21. The Morgan fingerprint density at radius 1 is 0.906 bits per heavy atom. The van der Waals surface area contributed by atoms with Crippen molar-refractivity contribution < 1.29 is 9.59 Å². The maximum Gasteiger partial charge on any atom is 0.274 e. The SMILES string of the molecule is CC(c1cccc(NC(=O)c2ccccc2)c1)N(C)C(=O)c1ccn(-c2ccccc2)n1. The molecule has 1 N–H and O–H groups in total. The van der Waals surface area contributed by atoms with Gasteiger partial charge in [0.2, 0.25) is 0 Å². The van der Waals surface area contributed by atoms with Crippen molar-refractivity contribution in [1.82, 2.24) is 14.7 Å². The van der Waals surface area contributed by atoms with E-state index < -0.39 is 0 Å². The van der Waals surface area contributed by atoms with E-state index in [4.69, 9.17) is 0 Å². The van der Waals surface area contributed by atoms with Crippen molar-refractivity contribution in [3.63, 3.8) is 0 Å². The molecule has 0 radical (unpaired) electrons. The zero-order valence-corrected chi connectivity index (χ0v) is 18.0. The molecule has 2 amide bonds. The number of para-hydroxylation sites is 1. The van der Waals surface area contributed by atoms with Gasteiger partial charge < -0.3 is 10.2 Å². The van der Waals surface area contributed by atoms with Crippen LogP contribution in [0.5, 0.6) is 0 Å². The van der Waals surface area contributed by atoms with Gasteiger partial charge in [-0.25, -0.2) is 4.68 Å². The summed E-state index contributed by atoms with van der Waals surface area (Å²) in [6.45, 7) is 1.95. The number of carbonyl (C=O) groups is 2. The summed E-state index contributed by atoms with van der Waals surface area (Å²) in [5, 5.41) is 7.35. The summed E-state index contributed by atoms with van der Waals surface area (Å²) in [5.41, 5.74) is 3.44. The standard InChI is InChI=1S/C26H24N4O2/c1-19(21-12-9-13-22(18-21)27-25(31)20-10-5-3-6-11-20)29(2)26(32)24-16-17-30(28-24)23-14-7-4-8-15-23/h3-19H,1-2H3,(H,27,31). The molecule has 0 aliphatic heterocycles. The van der Waals surface area contributed by atoms with Gasteiger partial charge in [-0.2, -0.15) is 5.10 Å². The molecule has 1 heterocycles. The normalized spacial score (nSPS) is 11.6. The van der Waals surface area contributed by atoms with E-state index in [1.54, 1.807) is 41.0 Å². The summed E-state index contributed by atoms with van der Waals surface area (Å²) < 4.78 is 1.69. The Morgan fingerprint density at radius 2 is 1.59 bits per heavy atom. The average Bonchev–Trinajstić information content (AvgIpc) is 3.34. The predicted octanol–water partition coefficient (Wildman–Crippen LogP) is 4.96. The lowest BCUT2D eigenvalue weighted by Gasteiger charge is -2.25. The van der Waals surface area contributed by atoms with Gasteiger partial charge in [-0.15, -0.1) is 0 Å². The van der Waals surface area contributed by atoms with Crippen LogP contribution in [0.15, 0.2) is 97.2 Å². The first-order valence-corrected chi connectivity index (χ1v) is 10.4. The van der Waals surface area contributed by atoms with Gasteiger partial charge in [-0.3, -0.25) is 9.59 Å². The molecule has 1 atom stereocenters. The molecule has 0 bridgehead atoms. The van der Waals surface area contributed by atoms with Crippen molar-refractivity contribution in [3.8, 4) is 5.69 Å². The van der Waals surface area contributed by atoms with Crippen LogP contribution >= 0.6 is 0 Å². The molecule has 1 aromatic heterocycles. The first kappa shape index (κ1) is 21.1. The van der Waals surface area contributed by atoms with Crippen molar-refractivity contribution in [2.45, 2.75) is 13.0 Å². The van der Waals surface area contributed by atoms with Crippen LogP contribution in [-0.4, -0.2) is 33.5 Å². The lowest BCUT2D eigenvalue weighted by Crippen LogP contribution is -2.30. The fourth-order valence-electron chi connectivity index (χ4n) is 3.41. The van der Waals surface area contributed by atoms with Crippen molar-refractivity contribution in [1.29, 1.82) is 0 Å². The number of nitrogens with zero attached hydrogens (tertiary/aromatic N) is 3. The quantitative estimate of drug-likeness (QED) is 0.476. The minimum Gasteiger partial charge on any atom is -0.334 e. The van der Waals surface area contributed by atoms with E-state index in [0.29, 0.717) is 16.9 Å². The van der Waals surface area contributed by atoms with Crippen LogP contribution in [-0.2, 0) is 0 Å². The van der Waals surface area contributed by atoms with Gasteiger partial charge in [0.25, 0.3) is 11.8 Å². The van der Waals surface area contributed by atoms with Gasteiger partial charge in [0, 0.05) is 24.5 Å². The van der Waals surface area contributed by atoms with Gasteiger partial charge in [0.15, 0.2) is 5.69 Å². The Labute approximate surface area is 187 Å². The molecular formula is C26H24N4O2. The molecule has 6 nitrogen and oxygen atoms in total. The van der Waals surface area contributed by atoms with Crippen LogP contribution in [0, 0.1) is 0 Å². The third-order valence-corrected chi connectivity index (χ3v) is 5.39. The van der Waals surface area contributed by atoms with E-state index in [-0.39, 0.29) is 17.9 Å². The number of nitrogens with one attached hydrogen (secondary N) is 1. The summed E-state index contributed by atoms with van der Waals surface area (Å²) in [5.74, 6) is -0.350. The van der Waals surface area contributed by atoms with Gasteiger partial charge in [-0.05, 0) is 55.0 Å². The molecule has 0 aliphatic rings. The van der Waals surface area contributed by atoms with E-state index >= 15 is 0 Å². The maximum absolute atomic E-state index is 13.0. The third-order valence-electron chi connectivity index (χ3n) is 5.39. The number of anilines is 1. The van der Waals surface area contributed by atoms with Crippen LogP contribution in [0.4, 0.5) is 5.69 Å². The molecule has 0 spiro atoms. The number of hydrogen-bond acceptors (Lipinski definition) is 3. The van der Waals surface area contributed by atoms with E-state index in [9.17, 15) is 9.59 Å². The zero-order valence-electron chi connectivity index (χ0n) is 18.0. The molecular weight excluding hydrogens is 400 g/mol. The monoisotopic (exact) mass is 424 g/mol. The molecule has 3 aromatic carbocycles. The summed E-state index contributed by atoms with van der Waals surface area (Å²) in [6.07, 6.45) is 1.78. The molecule has 1 unspecified atom stereocenters. The van der Waals surface area contributed by atoms with Crippen molar-refractivity contribution in [2.24, 2.45) is 0 Å². The molecule has 0 saturated heterocycles. The average molecular weight is 425 g/mol. The second-order valence-corrected chi connectivity index (χ2v) is 7.52. The molecule has 0 fully saturated rings. The van der Waals surface area contributed by atoms with Crippen LogP contribution in [0.2, 0.25) is 0 Å². The fourth-order valence-corrected chi connectivity index (χ4v) is 3.41. The van der Waals surface area contributed by atoms with E-state index in [1.165, 1.54) is 0 Å². The molecule has 32 heavy (non-hydrogen) atoms. The van der Waals surface area contributed by atoms with Gasteiger partial charge in [-0.1, -0.05) is 48.5 Å². The highest BCUT2D eigenvalue weighted by atomic mass is 16.2. The minimum atomic E-state index is -0.210. The Morgan fingerprint density at radius 3 is 2.31 bits per heavy atom. The summed E-state index contributed by atoms with van der Waals surface area (Å²) in [4.78, 5) is 27.1. The van der Waals surface area contributed by atoms with Crippen molar-refractivity contribution in [3.05, 3.63) is 114 Å². The number of benzene rings is 3. The van der Waals surface area contributed by atoms with Gasteiger partial charge in [0.1, 0.15) is 0 Å². The van der Waals surface area contributed by atoms with Gasteiger partial charge in [0.05, 0.1) is 11.7 Å². The number of hydrogen-bond donors (Lipinski definition) is 1. The molecule has 0 saturated carbocycles. The first-order valence-electron chi connectivity index (χ1n) is 10.4. The molecule has 4 rings (SSSR count). The summed E-state index contributed by atoms with van der Waals surface area (Å²) in [6, 6.07) is 27.7. The Hall–Kier alpha value is -4.19. The lowest BCUT2D eigenvalue weighted by atomic mass is 10.1. The molecule has 160 valence electrons. The predicted molar refractivity (Wildman–Crippen MR) is 125 cm³/mol. The molecule has 6 heteroatoms. The molecule has 0 aliphatic carbocycles. The molecule has 4 aromatic rings. The van der Waals surface area contributed by atoms with Crippen molar-refractivity contribution >= 4 is 17.5 Å².